The summed E-state index contributed by atoms with van der Waals surface area (Å²) in [5.74, 6) is -0.757. The summed E-state index contributed by atoms with van der Waals surface area (Å²) in [7, 11) is -5.01. The number of hydrogen-bond acceptors (Lipinski definition) is 9. The van der Waals surface area contributed by atoms with Crippen molar-refractivity contribution < 1.29 is 42.8 Å². The monoisotopic (exact) mass is 885 g/mol. The summed E-state index contributed by atoms with van der Waals surface area (Å²) in [4.78, 5) is 0. The SMILES string of the molecule is CC[C@@H](O[Si](C)(C)C(C)(C)C)[C@H](C)[C@H](O)[C@@H](C)[C@@H](O)[C@H](CO)C[C@@](C)(O[Si](C)(C)C(C)(C)C)[C@@H]1OC(c2ccc(OC)cc2)O[C@H]([C@@H](C)CO[Si](C)(C)C(C)(C)C)[C@@H]1C. The van der Waals surface area contributed by atoms with Crippen molar-refractivity contribution in [2.75, 3.05) is 20.3 Å². The molecule has 1 fully saturated rings. The third-order valence-corrected chi connectivity index (χ3v) is 28.7. The molecule has 0 radical (unpaired) electrons. The van der Waals surface area contributed by atoms with E-state index >= 15 is 0 Å². The van der Waals surface area contributed by atoms with E-state index in [0.29, 0.717) is 13.0 Å². The molecule has 9 nitrogen and oxygen atoms in total. The van der Waals surface area contributed by atoms with Gasteiger partial charge in [0.25, 0.3) is 0 Å². The lowest BCUT2D eigenvalue weighted by atomic mass is 9.74. The number of rotatable bonds is 20. The largest absolute Gasteiger partial charge is 0.497 e. The second-order valence-electron chi connectivity index (χ2n) is 23.0. The Kier molecular flexibility index (Phi) is 18.9. The van der Waals surface area contributed by atoms with Gasteiger partial charge in [-0.15, -0.1) is 0 Å². The summed E-state index contributed by atoms with van der Waals surface area (Å²) >= 11 is 0. The highest BCUT2D eigenvalue weighted by Gasteiger charge is 2.55. The number of methoxy groups -OCH3 is 1. The van der Waals surface area contributed by atoms with E-state index in [1.54, 1.807) is 7.11 Å². The summed E-state index contributed by atoms with van der Waals surface area (Å²) in [6.45, 7) is 46.5. The van der Waals surface area contributed by atoms with Gasteiger partial charge in [-0.25, -0.2) is 0 Å². The molecule has 0 aliphatic carbocycles. The molecule has 0 aromatic heterocycles. The summed E-state index contributed by atoms with van der Waals surface area (Å²) < 4.78 is 40.7. The van der Waals surface area contributed by atoms with Crippen LogP contribution in [0, 0.1) is 29.6 Å². The van der Waals surface area contributed by atoms with Gasteiger partial charge in [0.1, 0.15) is 5.75 Å². The highest BCUT2D eigenvalue weighted by Crippen LogP contribution is 2.49. The lowest BCUT2D eigenvalue weighted by Gasteiger charge is -2.54. The summed E-state index contributed by atoms with van der Waals surface area (Å²) in [6.07, 6.45) is -2.41. The molecule has 1 aliphatic rings. The van der Waals surface area contributed by atoms with Crippen molar-refractivity contribution in [3.05, 3.63) is 29.8 Å². The quantitative estimate of drug-likeness (QED) is 0.110. The van der Waals surface area contributed by atoms with Crippen LogP contribution in [0.25, 0.3) is 0 Å². The van der Waals surface area contributed by atoms with E-state index in [9.17, 15) is 15.3 Å². The molecule has 1 unspecified atom stereocenters. The van der Waals surface area contributed by atoms with Gasteiger partial charge in [-0.2, -0.15) is 0 Å². The molecule has 1 saturated heterocycles. The van der Waals surface area contributed by atoms with Gasteiger partial charge in [0.15, 0.2) is 31.2 Å². The van der Waals surface area contributed by atoms with Crippen molar-refractivity contribution in [3.8, 4) is 5.75 Å². The Labute approximate surface area is 365 Å². The lowest BCUT2D eigenvalue weighted by molar-refractivity contribution is -0.312. The van der Waals surface area contributed by atoms with Crippen molar-refractivity contribution in [2.45, 2.75) is 214 Å². The molecule has 3 N–H and O–H groups in total. The second-order valence-corrected chi connectivity index (χ2v) is 37.3. The van der Waals surface area contributed by atoms with Crippen molar-refractivity contribution in [3.63, 3.8) is 0 Å². The van der Waals surface area contributed by atoms with Crippen LogP contribution in [0.15, 0.2) is 24.3 Å². The average Bonchev–Trinajstić information content (AvgIpc) is 3.12. The van der Waals surface area contributed by atoms with Gasteiger partial charge >= 0.3 is 0 Å². The number of hydrogen-bond donors (Lipinski definition) is 3. The zero-order valence-electron chi connectivity index (χ0n) is 41.8. The number of benzene rings is 1. The van der Waals surface area contributed by atoms with Gasteiger partial charge in [-0.1, -0.05) is 109 Å². The van der Waals surface area contributed by atoms with E-state index in [0.717, 1.165) is 17.7 Å². The van der Waals surface area contributed by atoms with Crippen LogP contribution in [-0.4, -0.2) is 96.7 Å². The Hall–Kier alpha value is -0.649. The van der Waals surface area contributed by atoms with Gasteiger partial charge in [0.2, 0.25) is 0 Å². The third-order valence-electron chi connectivity index (χ3n) is 15.1. The van der Waals surface area contributed by atoms with Crippen LogP contribution < -0.4 is 4.74 Å². The van der Waals surface area contributed by atoms with E-state index in [-0.39, 0.29) is 51.7 Å². The molecular formula is C47H92O9Si3. The first-order valence-electron chi connectivity index (χ1n) is 22.5. The third kappa shape index (κ3) is 13.4. The van der Waals surface area contributed by atoms with Crippen molar-refractivity contribution in [1.29, 1.82) is 0 Å². The van der Waals surface area contributed by atoms with E-state index in [4.69, 9.17) is 27.5 Å². The van der Waals surface area contributed by atoms with E-state index in [1.165, 1.54) is 0 Å². The molecule has 0 spiro atoms. The van der Waals surface area contributed by atoms with Gasteiger partial charge < -0.3 is 42.8 Å². The first-order valence-corrected chi connectivity index (χ1v) is 31.3. The van der Waals surface area contributed by atoms with Crippen LogP contribution in [0.3, 0.4) is 0 Å². The van der Waals surface area contributed by atoms with E-state index in [2.05, 4.69) is 129 Å². The lowest BCUT2D eigenvalue weighted by Crippen LogP contribution is -2.61. The van der Waals surface area contributed by atoms with Crippen LogP contribution in [0.4, 0.5) is 0 Å². The average molecular weight is 886 g/mol. The predicted octanol–water partition coefficient (Wildman–Crippen LogP) is 11.3. The van der Waals surface area contributed by atoms with Crippen LogP contribution in [0.1, 0.15) is 129 Å². The van der Waals surface area contributed by atoms with E-state index in [1.807, 2.05) is 38.1 Å². The summed E-state index contributed by atoms with van der Waals surface area (Å²) in [5, 5.41) is 35.3. The first-order chi connectivity index (χ1) is 26.6. The minimum absolute atomic E-state index is 0.0249. The Morgan fingerprint density at radius 3 is 1.68 bits per heavy atom. The number of aliphatic hydroxyl groups is 3. The topological polar surface area (TPSA) is 116 Å². The molecule has 1 aliphatic heterocycles. The molecule has 59 heavy (non-hydrogen) atoms. The van der Waals surface area contributed by atoms with Crippen LogP contribution in [-0.2, 0) is 22.8 Å². The number of ether oxygens (including phenoxy) is 3. The van der Waals surface area contributed by atoms with Crippen molar-refractivity contribution in [2.24, 2.45) is 29.6 Å². The molecule has 1 heterocycles. The van der Waals surface area contributed by atoms with E-state index < -0.39 is 67.0 Å². The number of aliphatic hydroxyl groups excluding tert-OH is 3. The Morgan fingerprint density at radius 1 is 0.729 bits per heavy atom. The highest BCUT2D eigenvalue weighted by atomic mass is 28.4. The normalized spacial score (nSPS) is 25.0. The maximum atomic E-state index is 12.2. The standard InChI is InChI=1S/C47H92O9Si3/c1-23-38(55-58(19,20)45(9,10)11)32(3)39(49)33(4)40(50)36(29-48)28-47(15,56-59(21,22)46(12,13)14)42-34(5)41(31(2)30-52-57(17,18)44(6,7)8)53-43(54-42)35-24-26-37(51-16)27-25-35/h24-27,31-34,36,38-43,48-50H,23,28-30H2,1-22H3/t31-,32-,33+,34-,36-,38+,39-,40+,41+,42+,43?,47+/m0/s1. The van der Waals surface area contributed by atoms with Gasteiger partial charge in [0, 0.05) is 54.5 Å². The highest BCUT2D eigenvalue weighted by molar-refractivity contribution is 6.75. The zero-order valence-corrected chi connectivity index (χ0v) is 44.8. The first kappa shape index (κ1) is 54.5. The summed E-state index contributed by atoms with van der Waals surface area (Å²) in [5.41, 5.74) is -0.0909. The second kappa shape index (κ2) is 20.5. The zero-order chi connectivity index (χ0) is 45.9. The molecule has 0 bridgehead atoms. The molecule has 2 rings (SSSR count). The van der Waals surface area contributed by atoms with Crippen LogP contribution >= 0.6 is 0 Å². The van der Waals surface area contributed by atoms with Crippen molar-refractivity contribution in [1.82, 2.24) is 0 Å². The molecule has 346 valence electrons. The molecule has 1 aromatic rings. The van der Waals surface area contributed by atoms with Crippen LogP contribution in [0.5, 0.6) is 5.75 Å². The molecular weight excluding hydrogens is 793 g/mol. The molecule has 0 saturated carbocycles. The molecule has 0 amide bonds. The fraction of sp³-hybridized carbons (Fsp3) is 0.872. The van der Waals surface area contributed by atoms with Gasteiger partial charge in [0.05, 0.1) is 37.1 Å². The minimum Gasteiger partial charge on any atom is -0.497 e. The van der Waals surface area contributed by atoms with Gasteiger partial charge in [-0.3, -0.25) is 0 Å². The maximum absolute atomic E-state index is 12.2. The molecule has 12 heteroatoms. The molecule has 12 atom stereocenters. The summed E-state index contributed by atoms with van der Waals surface area (Å²) in [6, 6.07) is 7.82. The van der Waals surface area contributed by atoms with Crippen LogP contribution in [0.2, 0.25) is 54.4 Å². The minimum atomic E-state index is -2.50. The Morgan fingerprint density at radius 2 is 1.24 bits per heavy atom. The fourth-order valence-electron chi connectivity index (χ4n) is 7.86. The van der Waals surface area contributed by atoms with Crippen molar-refractivity contribution >= 4 is 25.0 Å². The fourth-order valence-corrected chi connectivity index (χ4v) is 12.1. The Bertz CT molecular complexity index is 1420. The van der Waals surface area contributed by atoms with Gasteiger partial charge in [-0.05, 0) is 86.3 Å². The smallest absolute Gasteiger partial charge is 0.192 e. The Balaban J connectivity index is 2.66. The maximum Gasteiger partial charge on any atom is 0.192 e. The predicted molar refractivity (Wildman–Crippen MR) is 252 cm³/mol. The molecule has 1 aromatic carbocycles.